The SMILES string of the molecule is CCCC(CC1CC(=O)c2c(C)ccc(-c3ccc(CC(C)=O)cc3)c2C1)C(CC)C(=O)CC(C)=O. The summed E-state index contributed by atoms with van der Waals surface area (Å²) >= 11 is 0. The Morgan fingerprint density at radius 3 is 2.22 bits per heavy atom. The van der Waals surface area contributed by atoms with Crippen molar-refractivity contribution in [2.24, 2.45) is 17.8 Å². The number of carbonyl (C=O) groups is 4. The number of aryl methyl sites for hydroxylation is 1. The van der Waals surface area contributed by atoms with Crippen LogP contribution in [0, 0.1) is 24.7 Å². The van der Waals surface area contributed by atoms with E-state index in [2.05, 4.69) is 13.0 Å². The van der Waals surface area contributed by atoms with Crippen LogP contribution in [0.1, 0.15) is 93.3 Å². The van der Waals surface area contributed by atoms with Crippen molar-refractivity contribution in [3.63, 3.8) is 0 Å². The Morgan fingerprint density at radius 1 is 0.944 bits per heavy atom. The molecule has 4 nitrogen and oxygen atoms in total. The van der Waals surface area contributed by atoms with Crippen LogP contribution in [0.3, 0.4) is 0 Å². The monoisotopic (exact) mass is 488 g/mol. The van der Waals surface area contributed by atoms with Crippen LogP contribution in [0.4, 0.5) is 0 Å². The van der Waals surface area contributed by atoms with Crippen molar-refractivity contribution < 1.29 is 19.2 Å². The summed E-state index contributed by atoms with van der Waals surface area (Å²) in [6.45, 7) is 9.24. The van der Waals surface area contributed by atoms with Crippen molar-refractivity contribution in [3.8, 4) is 11.1 Å². The lowest BCUT2D eigenvalue weighted by Crippen LogP contribution is -2.30. The maximum absolute atomic E-state index is 13.4. The van der Waals surface area contributed by atoms with Gasteiger partial charge in [0.15, 0.2) is 5.78 Å². The second-order valence-electron chi connectivity index (χ2n) is 10.7. The summed E-state index contributed by atoms with van der Waals surface area (Å²) in [5, 5.41) is 0. The largest absolute Gasteiger partial charge is 0.300 e. The number of rotatable bonds is 12. The third kappa shape index (κ3) is 6.66. The van der Waals surface area contributed by atoms with E-state index in [9.17, 15) is 19.2 Å². The predicted molar refractivity (Wildman–Crippen MR) is 144 cm³/mol. The zero-order chi connectivity index (χ0) is 26.4. The lowest BCUT2D eigenvalue weighted by Gasteiger charge is -2.32. The maximum atomic E-state index is 13.4. The Morgan fingerprint density at radius 2 is 1.64 bits per heavy atom. The average molecular weight is 489 g/mol. The minimum Gasteiger partial charge on any atom is -0.300 e. The topological polar surface area (TPSA) is 68.3 Å². The summed E-state index contributed by atoms with van der Waals surface area (Å²) in [5.74, 6) is 0.530. The quantitative estimate of drug-likeness (QED) is 0.304. The Kier molecular flexibility index (Phi) is 9.53. The molecule has 0 saturated heterocycles. The third-order valence-corrected chi connectivity index (χ3v) is 7.63. The van der Waals surface area contributed by atoms with Gasteiger partial charge in [0.05, 0.1) is 6.42 Å². The Bertz CT molecular complexity index is 1130. The van der Waals surface area contributed by atoms with Gasteiger partial charge >= 0.3 is 0 Å². The molecule has 0 aliphatic heterocycles. The van der Waals surface area contributed by atoms with E-state index >= 15 is 0 Å². The fraction of sp³-hybridized carbons (Fsp3) is 0.500. The smallest absolute Gasteiger partial charge is 0.163 e. The molecule has 1 aliphatic rings. The van der Waals surface area contributed by atoms with Crippen LogP contribution in [0.5, 0.6) is 0 Å². The summed E-state index contributed by atoms with van der Waals surface area (Å²) in [6.07, 6.45) is 5.20. The van der Waals surface area contributed by atoms with Crippen LogP contribution in [-0.4, -0.2) is 23.1 Å². The molecule has 0 N–H and O–H groups in total. The molecule has 3 unspecified atom stereocenters. The van der Waals surface area contributed by atoms with Crippen LogP contribution in [0.2, 0.25) is 0 Å². The summed E-state index contributed by atoms with van der Waals surface area (Å²) in [5.41, 5.74) is 6.09. The molecule has 0 fully saturated rings. The van der Waals surface area contributed by atoms with E-state index in [1.54, 1.807) is 6.92 Å². The highest BCUT2D eigenvalue weighted by Crippen LogP contribution is 2.40. The van der Waals surface area contributed by atoms with Crippen LogP contribution in [0.15, 0.2) is 36.4 Å². The van der Waals surface area contributed by atoms with Gasteiger partial charge in [0.1, 0.15) is 17.3 Å². The highest BCUT2D eigenvalue weighted by Gasteiger charge is 2.34. The fourth-order valence-corrected chi connectivity index (χ4v) is 6.10. The van der Waals surface area contributed by atoms with Crippen molar-refractivity contribution in [1.82, 2.24) is 0 Å². The van der Waals surface area contributed by atoms with Crippen molar-refractivity contribution in [2.75, 3.05) is 0 Å². The first-order valence-corrected chi connectivity index (χ1v) is 13.4. The number of Topliss-reactive ketones (excluding diaryl/α,β-unsaturated/α-hetero) is 4. The molecule has 2 aromatic rings. The van der Waals surface area contributed by atoms with Crippen molar-refractivity contribution >= 4 is 23.1 Å². The van der Waals surface area contributed by atoms with Crippen LogP contribution < -0.4 is 0 Å². The van der Waals surface area contributed by atoms with Gasteiger partial charge in [0.2, 0.25) is 0 Å². The number of fused-ring (bicyclic) bond motifs is 1. The molecular formula is C32H40O4. The molecule has 0 bridgehead atoms. The first-order valence-electron chi connectivity index (χ1n) is 13.4. The fourth-order valence-electron chi connectivity index (χ4n) is 6.10. The van der Waals surface area contributed by atoms with E-state index in [4.69, 9.17) is 0 Å². The Hall–Kier alpha value is -2.88. The number of carbonyl (C=O) groups excluding carboxylic acids is 4. The van der Waals surface area contributed by atoms with Gasteiger partial charge in [-0.1, -0.05) is 63.1 Å². The molecule has 1 aliphatic carbocycles. The van der Waals surface area contributed by atoms with E-state index in [-0.39, 0.29) is 47.3 Å². The van der Waals surface area contributed by atoms with Gasteiger partial charge in [-0.3, -0.25) is 19.2 Å². The molecule has 4 heteroatoms. The Balaban J connectivity index is 1.91. The van der Waals surface area contributed by atoms with Crippen LogP contribution in [-0.2, 0) is 27.2 Å². The Labute approximate surface area is 215 Å². The van der Waals surface area contributed by atoms with Crippen LogP contribution >= 0.6 is 0 Å². The van der Waals surface area contributed by atoms with E-state index in [0.717, 1.165) is 65.5 Å². The molecule has 192 valence electrons. The second kappa shape index (κ2) is 12.4. The van der Waals surface area contributed by atoms with E-state index in [0.29, 0.717) is 12.8 Å². The molecular weight excluding hydrogens is 448 g/mol. The summed E-state index contributed by atoms with van der Waals surface area (Å²) in [7, 11) is 0. The van der Waals surface area contributed by atoms with Gasteiger partial charge in [0, 0.05) is 24.3 Å². The van der Waals surface area contributed by atoms with E-state index in [1.807, 2.05) is 44.2 Å². The number of benzene rings is 2. The van der Waals surface area contributed by atoms with Crippen molar-refractivity contribution in [2.45, 2.75) is 86.0 Å². The molecule has 3 atom stereocenters. The lowest BCUT2D eigenvalue weighted by atomic mass is 9.71. The molecule has 3 rings (SSSR count). The van der Waals surface area contributed by atoms with Crippen molar-refractivity contribution in [1.29, 1.82) is 0 Å². The lowest BCUT2D eigenvalue weighted by molar-refractivity contribution is -0.130. The third-order valence-electron chi connectivity index (χ3n) is 7.63. The molecule has 36 heavy (non-hydrogen) atoms. The second-order valence-corrected chi connectivity index (χ2v) is 10.7. The summed E-state index contributed by atoms with van der Waals surface area (Å²) in [4.78, 5) is 49.4. The average Bonchev–Trinajstić information content (AvgIpc) is 2.79. The molecule has 0 radical (unpaired) electrons. The van der Waals surface area contributed by atoms with Gasteiger partial charge in [-0.05, 0) is 79.7 Å². The van der Waals surface area contributed by atoms with Gasteiger partial charge < -0.3 is 0 Å². The van der Waals surface area contributed by atoms with Gasteiger partial charge in [-0.2, -0.15) is 0 Å². The minimum atomic E-state index is -0.129. The summed E-state index contributed by atoms with van der Waals surface area (Å²) in [6, 6.07) is 12.2. The van der Waals surface area contributed by atoms with Crippen molar-refractivity contribution in [3.05, 3.63) is 58.7 Å². The van der Waals surface area contributed by atoms with E-state index < -0.39 is 0 Å². The summed E-state index contributed by atoms with van der Waals surface area (Å²) < 4.78 is 0. The van der Waals surface area contributed by atoms with Gasteiger partial charge in [0.25, 0.3) is 0 Å². The normalized spacial score (nSPS) is 16.8. The van der Waals surface area contributed by atoms with Gasteiger partial charge in [-0.15, -0.1) is 0 Å². The molecule has 0 amide bonds. The number of hydrogen-bond acceptors (Lipinski definition) is 4. The maximum Gasteiger partial charge on any atom is 0.163 e. The standard InChI is InChI=1S/C32H40O4/c1-6-8-26(27(7-2)30(35)16-22(5)34)17-24-18-29-28(14-9-20(3)32(29)31(36)19-24)25-12-10-23(11-13-25)15-21(4)33/h9-14,24,26-27H,6-8,15-19H2,1-5H3. The first kappa shape index (κ1) is 27.7. The van der Waals surface area contributed by atoms with Crippen LogP contribution in [0.25, 0.3) is 11.1 Å². The number of hydrogen-bond donors (Lipinski definition) is 0. The molecule has 0 spiro atoms. The molecule has 0 aromatic heterocycles. The van der Waals surface area contributed by atoms with E-state index in [1.165, 1.54) is 6.92 Å². The highest BCUT2D eigenvalue weighted by atomic mass is 16.1. The molecule has 0 heterocycles. The zero-order valence-corrected chi connectivity index (χ0v) is 22.5. The van der Waals surface area contributed by atoms with Gasteiger partial charge in [-0.25, -0.2) is 0 Å². The number of ketones is 4. The zero-order valence-electron chi connectivity index (χ0n) is 22.5. The first-order chi connectivity index (χ1) is 17.1. The minimum absolute atomic E-state index is 0.00805. The molecule has 0 saturated carbocycles. The predicted octanol–water partition coefficient (Wildman–Crippen LogP) is 6.92. The molecule has 2 aromatic carbocycles. The highest BCUT2D eigenvalue weighted by molar-refractivity contribution is 6.02.